The van der Waals surface area contributed by atoms with Gasteiger partial charge < -0.3 is 9.80 Å². The lowest BCUT2D eigenvalue weighted by Crippen LogP contribution is -2.33. The van der Waals surface area contributed by atoms with Gasteiger partial charge in [0.25, 0.3) is 5.91 Å². The Bertz CT molecular complexity index is 876. The molecule has 0 N–H and O–H groups in total. The highest BCUT2D eigenvalue weighted by Crippen LogP contribution is 2.29. The average molecular weight is 387 g/mol. The molecule has 0 fully saturated rings. The summed E-state index contributed by atoms with van der Waals surface area (Å²) >= 11 is 0. The first-order valence-corrected chi connectivity index (χ1v) is 10.4. The lowest BCUT2D eigenvalue weighted by Gasteiger charge is -2.30. The number of nitrogens with zero attached hydrogens (tertiary/aromatic N) is 2. The van der Waals surface area contributed by atoms with Gasteiger partial charge in [-0.2, -0.15) is 0 Å². The minimum atomic E-state index is 0.0971. The number of para-hydroxylation sites is 1. The van der Waals surface area contributed by atoms with Crippen molar-refractivity contribution in [1.82, 2.24) is 4.90 Å². The van der Waals surface area contributed by atoms with Gasteiger partial charge >= 0.3 is 0 Å². The van der Waals surface area contributed by atoms with Crippen LogP contribution in [0.4, 0.5) is 5.69 Å². The molecule has 3 aromatic carbocycles. The topological polar surface area (TPSA) is 23.6 Å². The Balaban J connectivity index is 2.05. The predicted molar refractivity (Wildman–Crippen MR) is 121 cm³/mol. The molecule has 150 valence electrons. The molecule has 0 radical (unpaired) electrons. The van der Waals surface area contributed by atoms with Gasteiger partial charge in [0.15, 0.2) is 0 Å². The maximum atomic E-state index is 13.3. The fourth-order valence-corrected chi connectivity index (χ4v) is 3.75. The molecule has 0 atom stereocenters. The normalized spacial score (nSPS) is 10.6. The summed E-state index contributed by atoms with van der Waals surface area (Å²) in [5.41, 5.74) is 5.38. The second kappa shape index (κ2) is 9.92. The average Bonchev–Trinajstić information content (AvgIpc) is 2.75. The van der Waals surface area contributed by atoms with Crippen molar-refractivity contribution in [3.05, 3.63) is 101 Å². The second-order valence-electron chi connectivity index (χ2n) is 7.28. The summed E-state index contributed by atoms with van der Waals surface area (Å²) < 4.78 is 0. The minimum absolute atomic E-state index is 0.0971. The van der Waals surface area contributed by atoms with Crippen LogP contribution in [0, 0.1) is 6.92 Å². The van der Waals surface area contributed by atoms with E-state index in [1.165, 1.54) is 11.1 Å². The van der Waals surface area contributed by atoms with E-state index < -0.39 is 0 Å². The molecule has 29 heavy (non-hydrogen) atoms. The second-order valence-corrected chi connectivity index (χ2v) is 7.28. The van der Waals surface area contributed by atoms with Crippen LogP contribution in [0.15, 0.2) is 78.9 Å². The predicted octanol–water partition coefficient (Wildman–Crippen LogP) is 5.68. The van der Waals surface area contributed by atoms with Gasteiger partial charge in [0.2, 0.25) is 0 Å². The van der Waals surface area contributed by atoms with E-state index in [4.69, 9.17) is 0 Å². The number of hydrogen-bond donors (Lipinski definition) is 0. The molecule has 0 unspecified atom stereocenters. The molecule has 0 bridgehead atoms. The molecule has 3 nitrogen and oxygen atoms in total. The van der Waals surface area contributed by atoms with Crippen molar-refractivity contribution in [3.63, 3.8) is 0 Å². The summed E-state index contributed by atoms with van der Waals surface area (Å²) in [6.45, 7) is 9.07. The zero-order valence-electron chi connectivity index (χ0n) is 17.6. The molecule has 0 saturated heterocycles. The number of anilines is 1. The van der Waals surface area contributed by atoms with Crippen LogP contribution in [0.1, 0.15) is 40.9 Å². The molecule has 0 spiro atoms. The van der Waals surface area contributed by atoms with E-state index in [9.17, 15) is 4.79 Å². The third-order valence-corrected chi connectivity index (χ3v) is 5.27. The Morgan fingerprint density at radius 3 is 1.72 bits per heavy atom. The molecule has 0 saturated carbocycles. The maximum absolute atomic E-state index is 13.3. The number of carbonyl (C=O) groups excluding carboxylic acids is 1. The number of rotatable bonds is 8. The summed E-state index contributed by atoms with van der Waals surface area (Å²) in [5.74, 6) is 0.0971. The van der Waals surface area contributed by atoms with E-state index in [2.05, 4.69) is 66.4 Å². The highest BCUT2D eigenvalue weighted by Gasteiger charge is 2.22. The Hall–Kier alpha value is -3.07. The van der Waals surface area contributed by atoms with Gasteiger partial charge in [-0.3, -0.25) is 4.79 Å². The number of benzene rings is 3. The van der Waals surface area contributed by atoms with E-state index in [1.54, 1.807) is 0 Å². The van der Waals surface area contributed by atoms with Crippen LogP contribution in [0.5, 0.6) is 0 Å². The van der Waals surface area contributed by atoms with E-state index in [-0.39, 0.29) is 5.91 Å². The first-order chi connectivity index (χ1) is 14.1. The first-order valence-electron chi connectivity index (χ1n) is 10.4. The summed E-state index contributed by atoms with van der Waals surface area (Å²) in [6.07, 6.45) is 0. The van der Waals surface area contributed by atoms with Crippen LogP contribution in [0.25, 0.3) is 0 Å². The van der Waals surface area contributed by atoms with E-state index in [1.807, 2.05) is 43.0 Å². The molecule has 3 rings (SSSR count). The standard InChI is InChI=1S/C26H30N2O/c1-4-27(5-2)26(29)24-18-12-13-21(3)25(24)28(19-22-14-8-6-9-15-22)20-23-16-10-7-11-17-23/h6-18H,4-5,19-20H2,1-3H3. The molecule has 0 aliphatic rings. The van der Waals surface area contributed by atoms with Crippen molar-refractivity contribution in [2.75, 3.05) is 18.0 Å². The van der Waals surface area contributed by atoms with Gasteiger partial charge in [-0.15, -0.1) is 0 Å². The molecule has 3 aromatic rings. The summed E-state index contributed by atoms with van der Waals surface area (Å²) in [7, 11) is 0. The lowest BCUT2D eigenvalue weighted by atomic mass is 10.0. The summed E-state index contributed by atoms with van der Waals surface area (Å²) in [6, 6.07) is 26.9. The van der Waals surface area contributed by atoms with Gasteiger partial charge in [0, 0.05) is 26.2 Å². The number of amides is 1. The molecule has 0 aromatic heterocycles. The largest absolute Gasteiger partial charge is 0.362 e. The van der Waals surface area contributed by atoms with Crippen LogP contribution in [-0.2, 0) is 13.1 Å². The highest BCUT2D eigenvalue weighted by atomic mass is 16.2. The third-order valence-electron chi connectivity index (χ3n) is 5.27. The zero-order chi connectivity index (χ0) is 20.6. The SMILES string of the molecule is CCN(CC)C(=O)c1cccc(C)c1N(Cc1ccccc1)Cc1ccccc1. The van der Waals surface area contributed by atoms with Crippen molar-refractivity contribution in [2.24, 2.45) is 0 Å². The van der Waals surface area contributed by atoms with Gasteiger partial charge in [-0.25, -0.2) is 0 Å². The van der Waals surface area contributed by atoms with Crippen molar-refractivity contribution in [2.45, 2.75) is 33.9 Å². The van der Waals surface area contributed by atoms with Gasteiger partial charge in [-0.05, 0) is 43.5 Å². The fraction of sp³-hybridized carbons (Fsp3) is 0.269. The van der Waals surface area contributed by atoms with E-state index in [0.29, 0.717) is 13.1 Å². The number of hydrogen-bond acceptors (Lipinski definition) is 2. The quantitative estimate of drug-likeness (QED) is 0.497. The minimum Gasteiger partial charge on any atom is -0.362 e. The van der Waals surface area contributed by atoms with Crippen LogP contribution >= 0.6 is 0 Å². The lowest BCUT2D eigenvalue weighted by molar-refractivity contribution is 0.0773. The number of carbonyl (C=O) groups is 1. The van der Waals surface area contributed by atoms with Crippen LogP contribution in [0.3, 0.4) is 0 Å². The zero-order valence-corrected chi connectivity index (χ0v) is 17.6. The first kappa shape index (κ1) is 20.7. The van der Waals surface area contributed by atoms with Crippen molar-refractivity contribution in [3.8, 4) is 0 Å². The molecule has 0 aliphatic heterocycles. The molecular formula is C26H30N2O. The van der Waals surface area contributed by atoms with Gasteiger partial charge in [0.1, 0.15) is 0 Å². The van der Waals surface area contributed by atoms with Crippen LogP contribution in [-0.4, -0.2) is 23.9 Å². The molecule has 0 heterocycles. The van der Waals surface area contributed by atoms with Crippen molar-refractivity contribution >= 4 is 11.6 Å². The van der Waals surface area contributed by atoms with E-state index >= 15 is 0 Å². The maximum Gasteiger partial charge on any atom is 0.255 e. The molecule has 0 aliphatic carbocycles. The highest BCUT2D eigenvalue weighted by molar-refractivity contribution is 6.00. The Morgan fingerprint density at radius 2 is 1.24 bits per heavy atom. The van der Waals surface area contributed by atoms with Gasteiger partial charge in [0.05, 0.1) is 11.3 Å². The van der Waals surface area contributed by atoms with E-state index in [0.717, 1.165) is 29.9 Å². The van der Waals surface area contributed by atoms with Crippen molar-refractivity contribution in [1.29, 1.82) is 0 Å². The monoisotopic (exact) mass is 386 g/mol. The third kappa shape index (κ3) is 5.05. The Labute approximate surface area is 174 Å². The molecule has 1 amide bonds. The van der Waals surface area contributed by atoms with Crippen molar-refractivity contribution < 1.29 is 4.79 Å². The molecular weight excluding hydrogens is 356 g/mol. The summed E-state index contributed by atoms with van der Waals surface area (Å²) in [4.78, 5) is 17.5. The Morgan fingerprint density at radius 1 is 0.724 bits per heavy atom. The number of aryl methyl sites for hydroxylation is 1. The Kier molecular flexibility index (Phi) is 7.07. The van der Waals surface area contributed by atoms with Crippen LogP contribution < -0.4 is 4.90 Å². The molecule has 3 heteroatoms. The fourth-order valence-electron chi connectivity index (χ4n) is 3.75. The van der Waals surface area contributed by atoms with Crippen LogP contribution in [0.2, 0.25) is 0 Å². The summed E-state index contributed by atoms with van der Waals surface area (Å²) in [5, 5.41) is 0. The van der Waals surface area contributed by atoms with Gasteiger partial charge in [-0.1, -0.05) is 72.8 Å². The smallest absolute Gasteiger partial charge is 0.255 e.